The third-order valence-electron chi connectivity index (χ3n) is 3.98. The fourth-order valence-electron chi connectivity index (χ4n) is 2.37. The van der Waals surface area contributed by atoms with Crippen molar-refractivity contribution in [1.29, 1.82) is 0 Å². The van der Waals surface area contributed by atoms with E-state index in [1.807, 2.05) is 13.8 Å². The molecule has 1 atom stereocenters. The summed E-state index contributed by atoms with van der Waals surface area (Å²) in [6.07, 6.45) is 0.593. The van der Waals surface area contributed by atoms with Crippen LogP contribution in [-0.2, 0) is 16.1 Å². The maximum Gasteiger partial charge on any atom is 0.338 e. The number of aryl methyl sites for hydroxylation is 2. The zero-order chi connectivity index (χ0) is 18.7. The van der Waals surface area contributed by atoms with Crippen LogP contribution in [0.5, 0.6) is 0 Å². The highest BCUT2D eigenvalue weighted by Gasteiger charge is 2.19. The van der Waals surface area contributed by atoms with Crippen LogP contribution < -0.4 is 5.32 Å². The van der Waals surface area contributed by atoms with Crippen LogP contribution in [-0.4, -0.2) is 27.9 Å². The molecule has 2 heterocycles. The van der Waals surface area contributed by atoms with E-state index in [4.69, 9.17) is 9.15 Å². The van der Waals surface area contributed by atoms with Crippen LogP contribution in [0, 0.1) is 13.8 Å². The van der Waals surface area contributed by atoms with Crippen molar-refractivity contribution in [2.24, 2.45) is 0 Å². The molecule has 0 fully saturated rings. The molecule has 0 saturated heterocycles. The predicted octanol–water partition coefficient (Wildman–Crippen LogP) is 2.70. The lowest BCUT2D eigenvalue weighted by Crippen LogP contribution is -2.35. The summed E-state index contributed by atoms with van der Waals surface area (Å²) < 4.78 is 10.4. The van der Waals surface area contributed by atoms with Gasteiger partial charge in [0, 0.05) is 0 Å². The highest BCUT2D eigenvalue weighted by Crippen LogP contribution is 2.15. The number of hydrogen-bond donors (Lipinski definition) is 1. The van der Waals surface area contributed by atoms with Crippen LogP contribution >= 0.6 is 0 Å². The largest absolute Gasteiger partial charge is 0.467 e. The van der Waals surface area contributed by atoms with E-state index >= 15 is 0 Å². The number of furan rings is 1. The molecule has 2 aromatic heterocycles. The van der Waals surface area contributed by atoms with Gasteiger partial charge in [0.1, 0.15) is 5.76 Å². The van der Waals surface area contributed by atoms with Crippen LogP contribution in [0.25, 0.3) is 11.0 Å². The van der Waals surface area contributed by atoms with Crippen LogP contribution in [0.15, 0.2) is 41.0 Å². The molecule has 0 aliphatic heterocycles. The topological polar surface area (TPSA) is 94.3 Å². The monoisotopic (exact) mass is 353 g/mol. The van der Waals surface area contributed by atoms with Crippen molar-refractivity contribution in [3.63, 3.8) is 0 Å². The van der Waals surface area contributed by atoms with Gasteiger partial charge in [-0.2, -0.15) is 0 Å². The second-order valence-electron chi connectivity index (χ2n) is 5.94. The molecule has 0 saturated carbocycles. The molecule has 7 nitrogen and oxygen atoms in total. The molecule has 0 aliphatic rings. The Labute approximate surface area is 150 Å². The quantitative estimate of drug-likeness (QED) is 0.709. The third kappa shape index (κ3) is 3.88. The Balaban J connectivity index is 1.65. The Morgan fingerprint density at radius 1 is 1.15 bits per heavy atom. The van der Waals surface area contributed by atoms with Gasteiger partial charge < -0.3 is 14.5 Å². The smallest absolute Gasteiger partial charge is 0.338 e. The number of carbonyl (C=O) groups is 2. The SMILES string of the molecule is Cc1nc2ccc(C(=O)O[C@H](C)C(=O)NCc3ccco3)cc2nc1C. The summed E-state index contributed by atoms with van der Waals surface area (Å²) in [4.78, 5) is 33.2. The summed E-state index contributed by atoms with van der Waals surface area (Å²) in [6, 6.07) is 8.42. The highest BCUT2D eigenvalue weighted by atomic mass is 16.5. The van der Waals surface area contributed by atoms with E-state index in [2.05, 4.69) is 15.3 Å². The second-order valence-corrected chi connectivity index (χ2v) is 5.94. The zero-order valence-corrected chi connectivity index (χ0v) is 14.8. The molecule has 3 rings (SSSR count). The fraction of sp³-hybridized carbons (Fsp3) is 0.263. The summed E-state index contributed by atoms with van der Waals surface area (Å²) in [6.45, 7) is 5.49. The van der Waals surface area contributed by atoms with Gasteiger partial charge in [0.05, 0.1) is 40.8 Å². The van der Waals surface area contributed by atoms with Gasteiger partial charge in [-0.05, 0) is 51.1 Å². The van der Waals surface area contributed by atoms with Crippen LogP contribution in [0.3, 0.4) is 0 Å². The minimum Gasteiger partial charge on any atom is -0.467 e. The van der Waals surface area contributed by atoms with E-state index in [0.717, 1.165) is 11.4 Å². The number of ether oxygens (including phenoxy) is 1. The number of rotatable bonds is 5. The number of amides is 1. The van der Waals surface area contributed by atoms with Gasteiger partial charge in [-0.3, -0.25) is 4.79 Å². The maximum absolute atomic E-state index is 12.3. The van der Waals surface area contributed by atoms with Crippen LogP contribution in [0.1, 0.15) is 34.4 Å². The van der Waals surface area contributed by atoms with Crippen LogP contribution in [0.4, 0.5) is 0 Å². The van der Waals surface area contributed by atoms with Gasteiger partial charge in [-0.1, -0.05) is 0 Å². The molecule has 3 aromatic rings. The predicted molar refractivity (Wildman–Crippen MR) is 94.4 cm³/mol. The number of carbonyl (C=O) groups excluding carboxylic acids is 2. The number of aromatic nitrogens is 2. The molecule has 26 heavy (non-hydrogen) atoms. The Bertz CT molecular complexity index is 951. The van der Waals surface area contributed by atoms with Crippen molar-refractivity contribution in [3.05, 3.63) is 59.3 Å². The van der Waals surface area contributed by atoms with Crippen molar-refractivity contribution < 1.29 is 18.7 Å². The second kappa shape index (κ2) is 7.35. The van der Waals surface area contributed by atoms with E-state index in [1.54, 1.807) is 30.3 Å². The summed E-state index contributed by atoms with van der Waals surface area (Å²) in [5.74, 6) is -0.370. The number of benzene rings is 1. The van der Waals surface area contributed by atoms with Gasteiger partial charge in [0.25, 0.3) is 5.91 Å². The molecular weight excluding hydrogens is 334 g/mol. The summed E-state index contributed by atoms with van der Waals surface area (Å²) >= 11 is 0. The molecule has 0 aliphatic carbocycles. The van der Waals surface area contributed by atoms with Gasteiger partial charge in [-0.15, -0.1) is 0 Å². The fourth-order valence-corrected chi connectivity index (χ4v) is 2.37. The Hall–Kier alpha value is -3.22. The maximum atomic E-state index is 12.3. The van der Waals surface area contributed by atoms with E-state index in [9.17, 15) is 9.59 Å². The van der Waals surface area contributed by atoms with E-state index < -0.39 is 18.0 Å². The number of nitrogens with one attached hydrogen (secondary N) is 1. The first kappa shape index (κ1) is 17.6. The first-order valence-corrected chi connectivity index (χ1v) is 8.20. The molecular formula is C19H19N3O4. The summed E-state index contributed by atoms with van der Waals surface area (Å²) in [5.41, 5.74) is 3.27. The van der Waals surface area contributed by atoms with Gasteiger partial charge in [-0.25, -0.2) is 14.8 Å². The van der Waals surface area contributed by atoms with E-state index in [0.29, 0.717) is 22.4 Å². The minimum absolute atomic E-state index is 0.234. The standard InChI is InChI=1S/C19H19N3O4/c1-11-12(2)22-17-9-14(6-7-16(17)21-11)19(24)26-13(3)18(23)20-10-15-5-4-8-25-15/h4-9,13H,10H2,1-3H3,(H,20,23)/t13-/m1/s1. The van der Waals surface area contributed by atoms with Crippen molar-refractivity contribution >= 4 is 22.9 Å². The molecule has 1 N–H and O–H groups in total. The number of esters is 1. The molecule has 1 aromatic carbocycles. The van der Waals surface area contributed by atoms with Crippen molar-refractivity contribution in [1.82, 2.24) is 15.3 Å². The molecule has 7 heteroatoms. The number of fused-ring (bicyclic) bond motifs is 1. The Morgan fingerprint density at radius 3 is 2.58 bits per heavy atom. The Kier molecular flexibility index (Phi) is 4.97. The third-order valence-corrected chi connectivity index (χ3v) is 3.98. The first-order chi connectivity index (χ1) is 12.4. The lowest BCUT2D eigenvalue weighted by atomic mass is 10.2. The summed E-state index contributed by atoms with van der Waals surface area (Å²) in [7, 11) is 0. The lowest BCUT2D eigenvalue weighted by Gasteiger charge is -2.13. The summed E-state index contributed by atoms with van der Waals surface area (Å²) in [5, 5.41) is 2.65. The minimum atomic E-state index is -0.931. The number of nitrogens with zero attached hydrogens (tertiary/aromatic N) is 2. The molecule has 0 bridgehead atoms. The van der Waals surface area contributed by atoms with Crippen molar-refractivity contribution in [2.45, 2.75) is 33.4 Å². The molecule has 134 valence electrons. The molecule has 0 unspecified atom stereocenters. The highest BCUT2D eigenvalue weighted by molar-refractivity contribution is 5.95. The number of hydrogen-bond acceptors (Lipinski definition) is 6. The van der Waals surface area contributed by atoms with Crippen molar-refractivity contribution in [3.8, 4) is 0 Å². The van der Waals surface area contributed by atoms with Gasteiger partial charge in [0.2, 0.25) is 0 Å². The average Bonchev–Trinajstić information content (AvgIpc) is 3.13. The van der Waals surface area contributed by atoms with Gasteiger partial charge in [0.15, 0.2) is 6.10 Å². The normalized spacial score (nSPS) is 12.0. The zero-order valence-electron chi connectivity index (χ0n) is 14.8. The average molecular weight is 353 g/mol. The molecule has 0 spiro atoms. The van der Waals surface area contributed by atoms with Crippen LogP contribution in [0.2, 0.25) is 0 Å². The van der Waals surface area contributed by atoms with Gasteiger partial charge >= 0.3 is 5.97 Å². The lowest BCUT2D eigenvalue weighted by molar-refractivity contribution is -0.129. The molecule has 0 radical (unpaired) electrons. The van der Waals surface area contributed by atoms with Crippen molar-refractivity contribution in [2.75, 3.05) is 0 Å². The van der Waals surface area contributed by atoms with E-state index in [1.165, 1.54) is 13.2 Å². The Morgan fingerprint density at radius 2 is 1.88 bits per heavy atom. The van der Waals surface area contributed by atoms with E-state index in [-0.39, 0.29) is 6.54 Å². The first-order valence-electron chi connectivity index (χ1n) is 8.20. The molecule has 1 amide bonds.